The number of benzene rings is 1. The van der Waals surface area contributed by atoms with Gasteiger partial charge in [0.1, 0.15) is 6.42 Å². The molecule has 0 atom stereocenters. The Balaban J connectivity index is 2.09. The van der Waals surface area contributed by atoms with Crippen LogP contribution in [0.4, 0.5) is 11.4 Å². The Kier molecular flexibility index (Phi) is 6.28. The Hall–Kier alpha value is -3.10. The molecule has 1 saturated heterocycles. The molecule has 162 valence electrons. The summed E-state index contributed by atoms with van der Waals surface area (Å²) in [6, 6.07) is 3.51. The summed E-state index contributed by atoms with van der Waals surface area (Å²) in [5.41, 5.74) is 1.12. The molecule has 9 heteroatoms. The van der Waals surface area contributed by atoms with Gasteiger partial charge in [-0.2, -0.15) is 0 Å². The van der Waals surface area contributed by atoms with Gasteiger partial charge in [-0.1, -0.05) is 6.92 Å². The number of rotatable bonds is 5. The fourth-order valence-electron chi connectivity index (χ4n) is 3.76. The molecule has 1 N–H and O–H groups in total. The minimum absolute atomic E-state index is 0.204. The largest absolute Gasteiger partial charge is 0.466 e. The van der Waals surface area contributed by atoms with Gasteiger partial charge in [-0.25, -0.2) is 0 Å². The molecule has 2 heterocycles. The molecule has 0 spiro atoms. The lowest BCUT2D eigenvalue weighted by Crippen LogP contribution is -2.39. The number of aromatic nitrogens is 2. The summed E-state index contributed by atoms with van der Waals surface area (Å²) < 4.78 is 7.46. The molecule has 1 amide bonds. The number of anilines is 2. The maximum atomic E-state index is 12.4. The van der Waals surface area contributed by atoms with Crippen LogP contribution in [-0.4, -0.2) is 40.7 Å². The molecule has 9 nitrogen and oxygen atoms in total. The number of aryl methyl sites for hydroxylation is 2. The number of hydrogen-bond acceptors (Lipinski definition) is 6. The number of nitrogens with zero attached hydrogens (tertiary/aromatic N) is 3. The van der Waals surface area contributed by atoms with Crippen LogP contribution in [0.1, 0.15) is 33.1 Å². The highest BCUT2D eigenvalue weighted by Gasteiger charge is 2.22. The van der Waals surface area contributed by atoms with E-state index in [1.807, 2.05) is 6.07 Å². The highest BCUT2D eigenvalue weighted by molar-refractivity contribution is 6.05. The first kappa shape index (κ1) is 21.6. The third-order valence-electron chi connectivity index (χ3n) is 5.62. The van der Waals surface area contributed by atoms with E-state index in [0.717, 1.165) is 31.6 Å². The predicted molar refractivity (Wildman–Crippen MR) is 115 cm³/mol. The summed E-state index contributed by atoms with van der Waals surface area (Å²) in [4.78, 5) is 50.8. The van der Waals surface area contributed by atoms with Crippen LogP contribution in [0.2, 0.25) is 0 Å². The Bertz CT molecular complexity index is 1090. The lowest BCUT2D eigenvalue weighted by Gasteiger charge is -2.33. The fourth-order valence-corrected chi connectivity index (χ4v) is 3.76. The predicted octanol–water partition coefficient (Wildman–Crippen LogP) is 1.37. The smallest absolute Gasteiger partial charge is 0.316 e. The van der Waals surface area contributed by atoms with E-state index in [1.54, 1.807) is 20.0 Å². The summed E-state index contributed by atoms with van der Waals surface area (Å²) in [7, 11) is 3.09. The Morgan fingerprint density at radius 3 is 2.20 bits per heavy atom. The Morgan fingerprint density at radius 2 is 1.63 bits per heavy atom. The number of piperidine rings is 1. The Morgan fingerprint density at radius 1 is 1.07 bits per heavy atom. The van der Waals surface area contributed by atoms with Crippen LogP contribution in [0, 0.1) is 5.92 Å². The number of fused-ring (bicyclic) bond motifs is 1. The third kappa shape index (κ3) is 4.24. The van der Waals surface area contributed by atoms with Crippen LogP contribution in [-0.2, 0) is 28.4 Å². The zero-order chi connectivity index (χ0) is 22.0. The summed E-state index contributed by atoms with van der Waals surface area (Å²) in [5.74, 6) is -0.470. The molecule has 3 rings (SSSR count). The van der Waals surface area contributed by atoms with Crippen molar-refractivity contribution in [2.24, 2.45) is 20.0 Å². The second kappa shape index (κ2) is 8.73. The van der Waals surface area contributed by atoms with Crippen LogP contribution in [0.15, 0.2) is 21.7 Å². The van der Waals surface area contributed by atoms with Crippen molar-refractivity contribution < 1.29 is 14.3 Å². The average molecular weight is 416 g/mol. The number of hydrogen-bond donors (Lipinski definition) is 1. The van der Waals surface area contributed by atoms with Gasteiger partial charge in [-0.3, -0.25) is 19.2 Å². The van der Waals surface area contributed by atoms with Crippen molar-refractivity contribution in [3.63, 3.8) is 0 Å². The van der Waals surface area contributed by atoms with Crippen LogP contribution in [0.5, 0.6) is 0 Å². The first-order valence-corrected chi connectivity index (χ1v) is 10.2. The molecule has 1 aromatic heterocycles. The molecule has 0 aliphatic carbocycles. The van der Waals surface area contributed by atoms with Gasteiger partial charge >= 0.3 is 17.1 Å². The molecule has 30 heavy (non-hydrogen) atoms. The van der Waals surface area contributed by atoms with Gasteiger partial charge in [0.25, 0.3) is 0 Å². The molecule has 0 radical (unpaired) electrons. The summed E-state index contributed by atoms with van der Waals surface area (Å²) in [5, 5.41) is 2.80. The van der Waals surface area contributed by atoms with Gasteiger partial charge in [0.2, 0.25) is 5.91 Å². The fraction of sp³-hybridized carbons (Fsp3) is 0.524. The lowest BCUT2D eigenvalue weighted by molar-refractivity contribution is -0.145. The van der Waals surface area contributed by atoms with Crippen LogP contribution in [0.3, 0.4) is 0 Å². The van der Waals surface area contributed by atoms with Crippen molar-refractivity contribution >= 4 is 34.3 Å². The van der Waals surface area contributed by atoms with E-state index in [2.05, 4.69) is 17.1 Å². The van der Waals surface area contributed by atoms with Crippen molar-refractivity contribution in [1.29, 1.82) is 0 Å². The van der Waals surface area contributed by atoms with Gasteiger partial charge in [0.05, 0.1) is 29.0 Å². The lowest BCUT2D eigenvalue weighted by atomic mass is 9.98. The van der Waals surface area contributed by atoms with E-state index in [0.29, 0.717) is 22.6 Å². The normalized spacial score (nSPS) is 14.7. The van der Waals surface area contributed by atoms with E-state index in [4.69, 9.17) is 4.74 Å². The molecular weight excluding hydrogens is 388 g/mol. The molecule has 1 aliphatic heterocycles. The Labute approximate surface area is 174 Å². The SMILES string of the molecule is CCOC(=O)CC(=O)Nc1cc2c(cc1N1CCC(C)CC1)n(C)c(=O)c(=O)n2C. The van der Waals surface area contributed by atoms with Gasteiger partial charge < -0.3 is 24.1 Å². The van der Waals surface area contributed by atoms with Crippen molar-refractivity contribution in [3.05, 3.63) is 32.8 Å². The molecule has 2 aromatic rings. The number of carbonyl (C=O) groups excluding carboxylic acids is 2. The van der Waals surface area contributed by atoms with Gasteiger partial charge in [0, 0.05) is 27.2 Å². The van der Waals surface area contributed by atoms with Crippen LogP contribution >= 0.6 is 0 Å². The molecule has 0 bridgehead atoms. The quantitative estimate of drug-likeness (QED) is 0.449. The molecular formula is C21H28N4O5. The van der Waals surface area contributed by atoms with E-state index in [1.165, 1.54) is 16.2 Å². The zero-order valence-electron chi connectivity index (χ0n) is 17.9. The number of esters is 1. The molecule has 1 aliphatic rings. The van der Waals surface area contributed by atoms with Crippen molar-refractivity contribution in [3.8, 4) is 0 Å². The van der Waals surface area contributed by atoms with Gasteiger partial charge in [-0.05, 0) is 37.8 Å². The first-order valence-electron chi connectivity index (χ1n) is 10.2. The van der Waals surface area contributed by atoms with Crippen molar-refractivity contribution in [2.45, 2.75) is 33.1 Å². The monoisotopic (exact) mass is 416 g/mol. The minimum atomic E-state index is -0.645. The summed E-state index contributed by atoms with van der Waals surface area (Å²) in [6.45, 7) is 5.72. The molecule has 0 unspecified atom stereocenters. The number of carbonyl (C=O) groups is 2. The average Bonchev–Trinajstić information content (AvgIpc) is 2.71. The maximum Gasteiger partial charge on any atom is 0.316 e. The summed E-state index contributed by atoms with van der Waals surface area (Å²) >= 11 is 0. The number of nitrogens with one attached hydrogen (secondary N) is 1. The second-order valence-electron chi connectivity index (χ2n) is 7.79. The highest BCUT2D eigenvalue weighted by atomic mass is 16.5. The third-order valence-corrected chi connectivity index (χ3v) is 5.62. The van der Waals surface area contributed by atoms with Gasteiger partial charge in [-0.15, -0.1) is 0 Å². The second-order valence-corrected chi connectivity index (χ2v) is 7.79. The van der Waals surface area contributed by atoms with E-state index < -0.39 is 29.4 Å². The van der Waals surface area contributed by atoms with E-state index in [9.17, 15) is 19.2 Å². The minimum Gasteiger partial charge on any atom is -0.466 e. The first-order chi connectivity index (χ1) is 14.2. The van der Waals surface area contributed by atoms with E-state index >= 15 is 0 Å². The standard InChI is InChI=1S/C21H28N4O5/c1-5-30-19(27)12-18(26)22-14-10-16-17(24(4)21(29)20(28)23(16)3)11-15(14)25-8-6-13(2)7-9-25/h10-11,13H,5-9,12H2,1-4H3,(H,22,26). The zero-order valence-corrected chi connectivity index (χ0v) is 17.9. The highest BCUT2D eigenvalue weighted by Crippen LogP contribution is 2.33. The van der Waals surface area contributed by atoms with E-state index in [-0.39, 0.29) is 6.61 Å². The van der Waals surface area contributed by atoms with Crippen LogP contribution < -0.4 is 21.3 Å². The van der Waals surface area contributed by atoms with Gasteiger partial charge in [0.15, 0.2) is 0 Å². The maximum absolute atomic E-state index is 12.4. The van der Waals surface area contributed by atoms with Crippen molar-refractivity contribution in [1.82, 2.24) is 9.13 Å². The number of amides is 1. The molecule has 0 saturated carbocycles. The molecule has 1 aromatic carbocycles. The van der Waals surface area contributed by atoms with Crippen LogP contribution in [0.25, 0.3) is 11.0 Å². The molecule has 1 fully saturated rings. The topological polar surface area (TPSA) is 103 Å². The van der Waals surface area contributed by atoms with Crippen molar-refractivity contribution in [2.75, 3.05) is 29.9 Å². The number of ether oxygens (including phenoxy) is 1. The summed E-state index contributed by atoms with van der Waals surface area (Å²) in [6.07, 6.45) is 1.63.